The van der Waals surface area contributed by atoms with Crippen LogP contribution >= 0.6 is 11.6 Å². The number of halogens is 1. The fourth-order valence-electron chi connectivity index (χ4n) is 4.11. The van der Waals surface area contributed by atoms with E-state index in [1.165, 1.54) is 10.8 Å². The first-order valence-corrected chi connectivity index (χ1v) is 10.7. The molecule has 0 amide bonds. The Balaban J connectivity index is 1.42. The van der Waals surface area contributed by atoms with Crippen molar-refractivity contribution in [2.24, 2.45) is 0 Å². The second kappa shape index (κ2) is 7.59. The van der Waals surface area contributed by atoms with Crippen LogP contribution in [0, 0.1) is 0 Å². The molecule has 0 aliphatic rings. The SMILES string of the molecule is Clc1nc(-c2ccccc2)nc(-c2ccc(-c3cccc4c3[nH]c3ccccc34)cc2)n1. The lowest BCUT2D eigenvalue weighted by atomic mass is 10.0. The molecule has 0 aliphatic carbocycles. The molecule has 0 aliphatic heterocycles. The highest BCUT2D eigenvalue weighted by Crippen LogP contribution is 2.34. The van der Waals surface area contributed by atoms with Crippen molar-refractivity contribution in [2.75, 3.05) is 0 Å². The summed E-state index contributed by atoms with van der Waals surface area (Å²) < 4.78 is 0. The minimum atomic E-state index is 0.181. The molecular weight excluding hydrogens is 416 g/mol. The molecule has 0 spiro atoms. The van der Waals surface area contributed by atoms with E-state index in [-0.39, 0.29) is 5.28 Å². The second-order valence-corrected chi connectivity index (χ2v) is 7.93. The molecule has 4 aromatic carbocycles. The summed E-state index contributed by atoms with van der Waals surface area (Å²) in [6.45, 7) is 0. The highest BCUT2D eigenvalue weighted by Gasteiger charge is 2.12. The average molecular weight is 433 g/mol. The van der Waals surface area contributed by atoms with E-state index in [4.69, 9.17) is 11.6 Å². The minimum Gasteiger partial charge on any atom is -0.354 e. The van der Waals surface area contributed by atoms with Crippen LogP contribution < -0.4 is 0 Å². The van der Waals surface area contributed by atoms with E-state index in [2.05, 4.69) is 74.5 Å². The van der Waals surface area contributed by atoms with Gasteiger partial charge in [-0.1, -0.05) is 91.0 Å². The number of H-pyrrole nitrogens is 1. The number of benzene rings is 4. The first-order valence-electron chi connectivity index (χ1n) is 10.3. The average Bonchev–Trinajstić information content (AvgIpc) is 3.23. The Morgan fingerprint density at radius 3 is 1.94 bits per heavy atom. The summed E-state index contributed by atoms with van der Waals surface area (Å²) in [6.07, 6.45) is 0. The number of nitrogens with one attached hydrogen (secondary N) is 1. The zero-order chi connectivity index (χ0) is 21.5. The second-order valence-electron chi connectivity index (χ2n) is 7.59. The number of nitrogens with zero attached hydrogens (tertiary/aromatic N) is 3. The Bertz CT molecular complexity index is 1570. The zero-order valence-electron chi connectivity index (χ0n) is 17.0. The maximum atomic E-state index is 6.21. The van der Waals surface area contributed by atoms with Crippen molar-refractivity contribution in [2.45, 2.75) is 0 Å². The van der Waals surface area contributed by atoms with E-state index in [0.29, 0.717) is 11.6 Å². The molecule has 6 rings (SSSR count). The third-order valence-corrected chi connectivity index (χ3v) is 5.80. The Morgan fingerprint density at radius 2 is 1.16 bits per heavy atom. The van der Waals surface area contributed by atoms with E-state index >= 15 is 0 Å². The first kappa shape index (κ1) is 18.7. The standard InChI is InChI=1S/C27H17ClN4/c28-27-31-25(18-7-2-1-3-8-18)30-26(32-27)19-15-13-17(14-16-19)20-10-6-11-22-21-9-4-5-12-23(21)29-24(20)22/h1-16,29H. The van der Waals surface area contributed by atoms with E-state index in [0.717, 1.165) is 33.3 Å². The molecule has 0 atom stereocenters. The molecule has 1 N–H and O–H groups in total. The molecule has 32 heavy (non-hydrogen) atoms. The van der Waals surface area contributed by atoms with Crippen LogP contribution in [0.5, 0.6) is 0 Å². The van der Waals surface area contributed by atoms with Crippen molar-refractivity contribution in [3.05, 3.63) is 102 Å². The number of fused-ring (bicyclic) bond motifs is 3. The maximum Gasteiger partial charge on any atom is 0.226 e. The fourth-order valence-corrected chi connectivity index (χ4v) is 4.27. The van der Waals surface area contributed by atoms with Gasteiger partial charge in [0.05, 0.1) is 5.52 Å². The van der Waals surface area contributed by atoms with Crippen LogP contribution in [0.25, 0.3) is 55.7 Å². The minimum absolute atomic E-state index is 0.181. The van der Waals surface area contributed by atoms with Crippen LogP contribution in [0.3, 0.4) is 0 Å². The lowest BCUT2D eigenvalue weighted by Crippen LogP contribution is -1.97. The van der Waals surface area contributed by atoms with Gasteiger partial charge in [0.15, 0.2) is 11.6 Å². The summed E-state index contributed by atoms with van der Waals surface area (Å²) in [5.74, 6) is 1.12. The summed E-state index contributed by atoms with van der Waals surface area (Å²) >= 11 is 6.21. The summed E-state index contributed by atoms with van der Waals surface area (Å²) in [7, 11) is 0. The van der Waals surface area contributed by atoms with Gasteiger partial charge in [-0.2, -0.15) is 9.97 Å². The van der Waals surface area contributed by atoms with Crippen LogP contribution in [-0.2, 0) is 0 Å². The van der Waals surface area contributed by atoms with Gasteiger partial charge >= 0.3 is 0 Å². The summed E-state index contributed by atoms with van der Waals surface area (Å²) in [4.78, 5) is 16.9. The van der Waals surface area contributed by atoms with E-state index < -0.39 is 0 Å². The van der Waals surface area contributed by atoms with E-state index in [9.17, 15) is 0 Å². The number of aromatic nitrogens is 4. The molecule has 0 bridgehead atoms. The van der Waals surface area contributed by atoms with Gasteiger partial charge in [-0.25, -0.2) is 4.98 Å². The van der Waals surface area contributed by atoms with Gasteiger partial charge in [0.1, 0.15) is 0 Å². The maximum absolute atomic E-state index is 6.21. The third kappa shape index (κ3) is 3.22. The van der Waals surface area contributed by atoms with Crippen molar-refractivity contribution >= 4 is 33.4 Å². The third-order valence-electron chi connectivity index (χ3n) is 5.64. The molecule has 152 valence electrons. The number of para-hydroxylation sites is 2. The van der Waals surface area contributed by atoms with Crippen molar-refractivity contribution < 1.29 is 0 Å². The Morgan fingerprint density at radius 1 is 0.531 bits per heavy atom. The highest BCUT2D eigenvalue weighted by atomic mass is 35.5. The number of hydrogen-bond acceptors (Lipinski definition) is 3. The van der Waals surface area contributed by atoms with E-state index in [1.54, 1.807) is 0 Å². The molecular formula is C27H17ClN4. The molecule has 0 saturated heterocycles. The molecule has 5 heteroatoms. The van der Waals surface area contributed by atoms with Gasteiger partial charge in [-0.15, -0.1) is 0 Å². The van der Waals surface area contributed by atoms with Gasteiger partial charge < -0.3 is 4.98 Å². The smallest absolute Gasteiger partial charge is 0.226 e. The Kier molecular flexibility index (Phi) is 4.44. The predicted molar refractivity (Wildman–Crippen MR) is 131 cm³/mol. The summed E-state index contributed by atoms with van der Waals surface area (Å²) in [5, 5.41) is 2.63. The van der Waals surface area contributed by atoms with Gasteiger partial charge in [0, 0.05) is 33.0 Å². The van der Waals surface area contributed by atoms with Gasteiger partial charge in [-0.05, 0) is 23.2 Å². The quantitative estimate of drug-likeness (QED) is 0.322. The highest BCUT2D eigenvalue weighted by molar-refractivity contribution is 6.28. The van der Waals surface area contributed by atoms with Crippen LogP contribution in [-0.4, -0.2) is 19.9 Å². The molecule has 0 fully saturated rings. The van der Waals surface area contributed by atoms with Crippen LogP contribution in [0.2, 0.25) is 5.28 Å². The number of hydrogen-bond donors (Lipinski definition) is 1. The van der Waals surface area contributed by atoms with E-state index in [1.807, 2.05) is 42.5 Å². The van der Waals surface area contributed by atoms with Gasteiger partial charge in [0.25, 0.3) is 0 Å². The van der Waals surface area contributed by atoms with Crippen molar-refractivity contribution in [1.82, 2.24) is 19.9 Å². The molecule has 4 nitrogen and oxygen atoms in total. The topological polar surface area (TPSA) is 54.5 Å². The van der Waals surface area contributed by atoms with Gasteiger partial charge in [0.2, 0.25) is 5.28 Å². The molecule has 0 saturated carbocycles. The molecule has 0 unspecified atom stereocenters. The molecule has 2 aromatic heterocycles. The summed E-state index contributed by atoms with van der Waals surface area (Å²) in [5.41, 5.74) is 6.34. The number of aromatic amines is 1. The van der Waals surface area contributed by atoms with Crippen molar-refractivity contribution in [3.8, 4) is 33.9 Å². The Hall–Kier alpha value is -4.02. The monoisotopic (exact) mass is 432 g/mol. The largest absolute Gasteiger partial charge is 0.354 e. The van der Waals surface area contributed by atoms with Crippen LogP contribution in [0.15, 0.2) is 97.1 Å². The van der Waals surface area contributed by atoms with Crippen molar-refractivity contribution in [3.63, 3.8) is 0 Å². The summed E-state index contributed by atoms with van der Waals surface area (Å²) in [6, 6.07) is 32.8. The van der Waals surface area contributed by atoms with Crippen LogP contribution in [0.1, 0.15) is 0 Å². The molecule has 2 heterocycles. The molecule has 6 aromatic rings. The van der Waals surface area contributed by atoms with Gasteiger partial charge in [-0.3, -0.25) is 0 Å². The predicted octanol–water partition coefficient (Wildman–Crippen LogP) is 7.16. The zero-order valence-corrected chi connectivity index (χ0v) is 17.7. The molecule has 0 radical (unpaired) electrons. The Labute approximate surface area is 189 Å². The lowest BCUT2D eigenvalue weighted by molar-refractivity contribution is 1.07. The van der Waals surface area contributed by atoms with Crippen molar-refractivity contribution in [1.29, 1.82) is 0 Å². The number of rotatable bonds is 3. The fraction of sp³-hybridized carbons (Fsp3) is 0. The van der Waals surface area contributed by atoms with Crippen LogP contribution in [0.4, 0.5) is 0 Å². The lowest BCUT2D eigenvalue weighted by Gasteiger charge is -2.07. The first-order chi connectivity index (χ1) is 15.8. The normalized spacial score (nSPS) is 11.3.